The molecule has 8 nitrogen and oxygen atoms in total. The van der Waals surface area contributed by atoms with Gasteiger partial charge in [0.25, 0.3) is 0 Å². The van der Waals surface area contributed by atoms with E-state index in [0.29, 0.717) is 16.9 Å². The molecule has 0 atom stereocenters. The Morgan fingerprint density at radius 2 is 0.648 bits per heavy atom. The maximum Gasteiger partial charge on any atom is 0.157 e. The first-order chi connectivity index (χ1) is 33.0. The fraction of sp³-hybridized carbons (Fsp3) is 0.397. The van der Waals surface area contributed by atoms with Gasteiger partial charge in [-0.3, -0.25) is 0 Å². The molecule has 8 heteroatoms. The molecule has 0 unspecified atom stereocenters. The summed E-state index contributed by atoms with van der Waals surface area (Å²) in [5, 5.41) is 79.1. The maximum absolute atomic E-state index is 9.85. The summed E-state index contributed by atoms with van der Waals surface area (Å²) in [7, 11) is 0. The smallest absolute Gasteiger partial charge is 0.157 e. The van der Waals surface area contributed by atoms with Crippen LogP contribution in [0.4, 0.5) is 0 Å². The first-order valence-electron chi connectivity index (χ1n) is 25.0. The van der Waals surface area contributed by atoms with Crippen molar-refractivity contribution in [2.75, 3.05) is 0 Å². The standard InChI is InChI=1S/C15H18O2.C15H18O.2C11H16O2.C11H16O/c1-4-15(2,3)13-7-8-14(17)12-9-10(16)5-6-11(12)13;1-4-15(2,3)13-9-10-14(16)12-8-6-5-7-11(12)13;1-4-11(2,3)8-5-9(12)7-10(13)6-8;1-4-11(2,3)8-5-6-9(12)10(13)7-8;1-4-11(2,3)9-5-7-10(12)8-6-9/h5-9,16-17H,4H2,1-3H3;5-10,16H,4H2,1-3H3;2*5-7,12-13H,4H2,1-3H3;5-8,12H,4H2,1-3H3. The van der Waals surface area contributed by atoms with Crippen molar-refractivity contribution in [3.05, 3.63) is 155 Å². The van der Waals surface area contributed by atoms with Gasteiger partial charge in [-0.1, -0.05) is 165 Å². The number of aromatic hydroxyl groups is 8. The van der Waals surface area contributed by atoms with E-state index in [1.54, 1.807) is 54.6 Å². The minimum Gasteiger partial charge on any atom is -0.508 e. The minimum atomic E-state index is -0.0596. The number of phenols is 8. The van der Waals surface area contributed by atoms with Crippen molar-refractivity contribution >= 4 is 21.5 Å². The summed E-state index contributed by atoms with van der Waals surface area (Å²) >= 11 is 0. The zero-order valence-corrected chi connectivity index (χ0v) is 45.2. The summed E-state index contributed by atoms with van der Waals surface area (Å²) in [4.78, 5) is 0. The van der Waals surface area contributed by atoms with Crippen molar-refractivity contribution in [3.63, 3.8) is 0 Å². The van der Waals surface area contributed by atoms with Gasteiger partial charge in [0.1, 0.15) is 34.5 Å². The van der Waals surface area contributed by atoms with Crippen molar-refractivity contribution in [2.24, 2.45) is 0 Å². The summed E-state index contributed by atoms with van der Waals surface area (Å²) in [6, 6.07) is 37.9. The number of phenolic OH excluding ortho intramolecular Hbond substituents is 8. The van der Waals surface area contributed by atoms with Crippen LogP contribution in [0.2, 0.25) is 0 Å². The molecular formula is C63H84O8. The van der Waals surface area contributed by atoms with Gasteiger partial charge in [-0.15, -0.1) is 0 Å². The summed E-state index contributed by atoms with van der Waals surface area (Å²) in [5.74, 6) is 1.24. The average molecular weight is 969 g/mol. The molecule has 0 aliphatic heterocycles. The number of hydrogen-bond acceptors (Lipinski definition) is 8. The lowest BCUT2D eigenvalue weighted by Gasteiger charge is -2.25. The van der Waals surface area contributed by atoms with E-state index in [-0.39, 0.29) is 61.6 Å². The van der Waals surface area contributed by atoms with Crippen LogP contribution < -0.4 is 0 Å². The van der Waals surface area contributed by atoms with E-state index in [1.807, 2.05) is 54.6 Å². The summed E-state index contributed by atoms with van der Waals surface area (Å²) in [6.07, 6.45) is 5.18. The Bertz CT molecular complexity index is 2780. The molecule has 384 valence electrons. The first-order valence-corrected chi connectivity index (χ1v) is 25.0. The molecule has 0 aliphatic carbocycles. The molecule has 0 bridgehead atoms. The van der Waals surface area contributed by atoms with Crippen LogP contribution in [0.25, 0.3) is 21.5 Å². The molecule has 0 aliphatic rings. The normalized spacial score (nSPS) is 11.8. The molecule has 7 rings (SSSR count). The minimum absolute atomic E-state index is 0.00375. The van der Waals surface area contributed by atoms with Gasteiger partial charge in [0.15, 0.2) is 11.5 Å². The van der Waals surface area contributed by atoms with Gasteiger partial charge in [0.2, 0.25) is 0 Å². The molecule has 0 heterocycles. The van der Waals surface area contributed by atoms with E-state index < -0.39 is 0 Å². The average Bonchev–Trinajstić information content (AvgIpc) is 3.33. The van der Waals surface area contributed by atoms with Gasteiger partial charge in [-0.25, -0.2) is 0 Å². The van der Waals surface area contributed by atoms with Crippen molar-refractivity contribution < 1.29 is 40.9 Å². The lowest BCUT2D eigenvalue weighted by Crippen LogP contribution is -2.15. The van der Waals surface area contributed by atoms with Crippen LogP contribution in [-0.2, 0) is 27.1 Å². The van der Waals surface area contributed by atoms with Gasteiger partial charge in [0, 0.05) is 16.8 Å². The maximum atomic E-state index is 9.85. The predicted molar refractivity (Wildman–Crippen MR) is 297 cm³/mol. The van der Waals surface area contributed by atoms with Gasteiger partial charge >= 0.3 is 0 Å². The molecular weight excluding hydrogens is 885 g/mol. The highest BCUT2D eigenvalue weighted by Gasteiger charge is 2.24. The fourth-order valence-corrected chi connectivity index (χ4v) is 7.62. The Kier molecular flexibility index (Phi) is 20.3. The highest BCUT2D eigenvalue weighted by atomic mass is 16.3. The predicted octanol–water partition coefficient (Wildman–Crippen LogP) is 16.8. The van der Waals surface area contributed by atoms with Gasteiger partial charge in [0.05, 0.1) is 0 Å². The lowest BCUT2D eigenvalue weighted by molar-refractivity contribution is 0.400. The molecule has 0 saturated carbocycles. The van der Waals surface area contributed by atoms with Crippen LogP contribution >= 0.6 is 0 Å². The lowest BCUT2D eigenvalue weighted by atomic mass is 9.79. The van der Waals surface area contributed by atoms with Crippen LogP contribution in [0.15, 0.2) is 127 Å². The Morgan fingerprint density at radius 1 is 0.268 bits per heavy atom. The summed E-state index contributed by atoms with van der Waals surface area (Å²) < 4.78 is 0. The first kappa shape index (κ1) is 58.8. The topological polar surface area (TPSA) is 162 Å². The van der Waals surface area contributed by atoms with Gasteiger partial charge in [-0.2, -0.15) is 0 Å². The number of fused-ring (bicyclic) bond motifs is 2. The van der Waals surface area contributed by atoms with Crippen LogP contribution in [0, 0.1) is 0 Å². The third-order valence-corrected chi connectivity index (χ3v) is 14.8. The molecule has 7 aromatic rings. The molecule has 0 amide bonds. The van der Waals surface area contributed by atoms with E-state index in [0.717, 1.165) is 59.4 Å². The van der Waals surface area contributed by atoms with Crippen molar-refractivity contribution in [2.45, 2.75) is 163 Å². The van der Waals surface area contributed by atoms with Crippen molar-refractivity contribution in [1.82, 2.24) is 0 Å². The Hall–Kier alpha value is -6.54. The third kappa shape index (κ3) is 15.7. The van der Waals surface area contributed by atoms with E-state index in [4.69, 9.17) is 10.2 Å². The second kappa shape index (κ2) is 24.5. The number of benzene rings is 7. The molecule has 0 aromatic heterocycles. The van der Waals surface area contributed by atoms with Crippen molar-refractivity contribution in [1.29, 1.82) is 0 Å². The highest BCUT2D eigenvalue weighted by Crippen LogP contribution is 2.39. The van der Waals surface area contributed by atoms with Gasteiger partial charge in [-0.05, 0) is 158 Å². The molecule has 0 fully saturated rings. The van der Waals surface area contributed by atoms with Crippen LogP contribution in [-0.4, -0.2) is 40.9 Å². The molecule has 0 spiro atoms. The van der Waals surface area contributed by atoms with E-state index in [1.165, 1.54) is 28.8 Å². The quantitative estimate of drug-likeness (QED) is 0.0629. The van der Waals surface area contributed by atoms with E-state index >= 15 is 0 Å². The van der Waals surface area contributed by atoms with Crippen LogP contribution in [0.1, 0.15) is 164 Å². The molecule has 7 aromatic carbocycles. The zero-order valence-electron chi connectivity index (χ0n) is 45.2. The SMILES string of the molecule is CCC(C)(C)c1cc(O)cc(O)c1.CCC(C)(C)c1ccc(O)c(O)c1.CCC(C)(C)c1ccc(O)c2cc(O)ccc12.CCC(C)(C)c1ccc(O)c2ccccc12.CCC(C)(C)c1ccc(O)cc1. The molecule has 0 radical (unpaired) electrons. The van der Waals surface area contributed by atoms with Crippen LogP contribution in [0.5, 0.6) is 46.0 Å². The Morgan fingerprint density at radius 3 is 1.11 bits per heavy atom. The Labute approximate surface area is 425 Å². The molecule has 0 saturated heterocycles. The number of hydrogen-bond donors (Lipinski definition) is 8. The van der Waals surface area contributed by atoms with Crippen LogP contribution in [0.3, 0.4) is 0 Å². The van der Waals surface area contributed by atoms with E-state index in [2.05, 4.69) is 110 Å². The monoisotopic (exact) mass is 969 g/mol. The second-order valence-electron chi connectivity index (χ2n) is 21.7. The second-order valence-corrected chi connectivity index (χ2v) is 21.7. The van der Waals surface area contributed by atoms with Crippen molar-refractivity contribution in [3.8, 4) is 46.0 Å². The molecule has 8 N–H and O–H groups in total. The zero-order chi connectivity index (χ0) is 53.7. The largest absolute Gasteiger partial charge is 0.508 e. The summed E-state index contributed by atoms with van der Waals surface area (Å²) in [5.41, 5.74) is 6.27. The summed E-state index contributed by atoms with van der Waals surface area (Å²) in [6.45, 7) is 32.4. The van der Waals surface area contributed by atoms with E-state index in [9.17, 15) is 30.6 Å². The fourth-order valence-electron chi connectivity index (χ4n) is 7.62. The third-order valence-electron chi connectivity index (χ3n) is 14.8. The molecule has 71 heavy (non-hydrogen) atoms. The highest BCUT2D eigenvalue weighted by molar-refractivity contribution is 5.93. The number of rotatable bonds is 10. The van der Waals surface area contributed by atoms with Gasteiger partial charge < -0.3 is 40.9 Å². The Balaban J connectivity index is 0.000000236.